The van der Waals surface area contributed by atoms with Crippen molar-refractivity contribution in [3.63, 3.8) is 0 Å². The lowest BCUT2D eigenvalue weighted by Gasteiger charge is -2.13. The van der Waals surface area contributed by atoms with Gasteiger partial charge in [-0.25, -0.2) is 0 Å². The molecule has 0 aliphatic carbocycles. The van der Waals surface area contributed by atoms with Crippen LogP contribution in [0.3, 0.4) is 0 Å². The summed E-state index contributed by atoms with van der Waals surface area (Å²) in [7, 11) is 0. The fourth-order valence-corrected chi connectivity index (χ4v) is 1.94. The van der Waals surface area contributed by atoms with E-state index in [4.69, 9.17) is 9.84 Å². The maximum Gasteiger partial charge on any atom is 0.238 e. The molecule has 1 heterocycles. The minimum Gasteiger partial charge on any atom is -0.438 e. The largest absolute Gasteiger partial charge is 0.438 e. The van der Waals surface area contributed by atoms with Crippen LogP contribution < -0.4 is 10.1 Å². The monoisotopic (exact) mass is 273 g/mol. The first kappa shape index (κ1) is 14.4. The molecule has 2 N–H and O–H groups in total. The smallest absolute Gasteiger partial charge is 0.238 e. The van der Waals surface area contributed by atoms with E-state index in [1.165, 1.54) is 5.56 Å². The number of nitrogens with zero attached hydrogens (tertiary/aromatic N) is 2. The molecule has 0 aliphatic rings. The molecule has 5 heteroatoms. The second-order valence-electron chi connectivity index (χ2n) is 4.59. The summed E-state index contributed by atoms with van der Waals surface area (Å²) in [6.07, 6.45) is 2.48. The van der Waals surface area contributed by atoms with Crippen LogP contribution in [0.2, 0.25) is 0 Å². The molecule has 1 atom stereocenters. The van der Waals surface area contributed by atoms with Crippen molar-refractivity contribution in [1.82, 2.24) is 15.5 Å². The van der Waals surface area contributed by atoms with E-state index in [9.17, 15) is 0 Å². The number of nitrogens with one attached hydrogen (secondary N) is 1. The number of benzene rings is 1. The zero-order chi connectivity index (χ0) is 14.2. The SMILES string of the molecule is C[C@H](Cc1cccc(Oc2cccnn2)c1)NCCO. The molecule has 2 rings (SSSR count). The quantitative estimate of drug-likeness (QED) is 0.805. The van der Waals surface area contributed by atoms with Gasteiger partial charge < -0.3 is 15.2 Å². The molecule has 0 fully saturated rings. The molecule has 2 aromatic rings. The highest BCUT2D eigenvalue weighted by Crippen LogP contribution is 2.20. The molecule has 0 amide bonds. The van der Waals surface area contributed by atoms with Gasteiger partial charge in [0, 0.05) is 24.8 Å². The lowest BCUT2D eigenvalue weighted by molar-refractivity contribution is 0.285. The Labute approximate surface area is 118 Å². The van der Waals surface area contributed by atoms with Crippen LogP contribution >= 0.6 is 0 Å². The molecule has 0 radical (unpaired) electrons. The molecule has 106 valence electrons. The summed E-state index contributed by atoms with van der Waals surface area (Å²) in [6, 6.07) is 11.8. The molecular weight excluding hydrogens is 254 g/mol. The van der Waals surface area contributed by atoms with Crippen LogP contribution in [0.15, 0.2) is 42.6 Å². The van der Waals surface area contributed by atoms with E-state index < -0.39 is 0 Å². The molecule has 0 saturated carbocycles. The fourth-order valence-electron chi connectivity index (χ4n) is 1.94. The van der Waals surface area contributed by atoms with Gasteiger partial charge in [0.2, 0.25) is 5.88 Å². The summed E-state index contributed by atoms with van der Waals surface area (Å²) in [5.41, 5.74) is 1.17. The van der Waals surface area contributed by atoms with Gasteiger partial charge in [-0.3, -0.25) is 0 Å². The van der Waals surface area contributed by atoms with Gasteiger partial charge >= 0.3 is 0 Å². The standard InChI is InChI=1S/C15H19N3O2/c1-12(16-8-9-19)10-13-4-2-5-14(11-13)20-15-6-3-7-17-18-15/h2-7,11-12,16,19H,8-10H2,1H3/t12-/m1/s1. The summed E-state index contributed by atoms with van der Waals surface area (Å²) in [4.78, 5) is 0. The minimum absolute atomic E-state index is 0.153. The van der Waals surface area contributed by atoms with Crippen molar-refractivity contribution in [2.24, 2.45) is 0 Å². The zero-order valence-electron chi connectivity index (χ0n) is 11.5. The number of rotatable bonds is 7. The fraction of sp³-hybridized carbons (Fsp3) is 0.333. The Hall–Kier alpha value is -1.98. The van der Waals surface area contributed by atoms with Crippen molar-refractivity contribution in [3.05, 3.63) is 48.2 Å². The first-order chi connectivity index (χ1) is 9.78. The van der Waals surface area contributed by atoms with Crippen LogP contribution in [0.1, 0.15) is 12.5 Å². The maximum atomic E-state index is 8.79. The molecule has 0 unspecified atom stereocenters. The Morgan fingerprint density at radius 1 is 1.30 bits per heavy atom. The summed E-state index contributed by atoms with van der Waals surface area (Å²) in [6.45, 7) is 2.85. The Balaban J connectivity index is 1.97. The highest BCUT2D eigenvalue weighted by Gasteiger charge is 2.04. The van der Waals surface area contributed by atoms with Crippen molar-refractivity contribution in [1.29, 1.82) is 0 Å². The predicted octanol–water partition coefficient (Wildman–Crippen LogP) is 1.78. The van der Waals surface area contributed by atoms with E-state index >= 15 is 0 Å². The molecule has 0 saturated heterocycles. The average molecular weight is 273 g/mol. The van der Waals surface area contributed by atoms with Crippen molar-refractivity contribution in [3.8, 4) is 11.6 Å². The van der Waals surface area contributed by atoms with E-state index in [1.54, 1.807) is 18.3 Å². The van der Waals surface area contributed by atoms with Crippen molar-refractivity contribution in [2.75, 3.05) is 13.2 Å². The number of aliphatic hydroxyl groups excluding tert-OH is 1. The van der Waals surface area contributed by atoms with Crippen molar-refractivity contribution >= 4 is 0 Å². The van der Waals surface area contributed by atoms with Gasteiger partial charge in [0.25, 0.3) is 0 Å². The van der Waals surface area contributed by atoms with Crippen molar-refractivity contribution < 1.29 is 9.84 Å². The normalized spacial score (nSPS) is 12.1. The topological polar surface area (TPSA) is 67.3 Å². The average Bonchev–Trinajstić information content (AvgIpc) is 2.46. The highest BCUT2D eigenvalue weighted by atomic mass is 16.5. The maximum absolute atomic E-state index is 8.79. The number of ether oxygens (including phenoxy) is 1. The molecule has 5 nitrogen and oxygen atoms in total. The zero-order valence-corrected chi connectivity index (χ0v) is 11.5. The number of hydrogen-bond acceptors (Lipinski definition) is 5. The predicted molar refractivity (Wildman–Crippen MR) is 76.8 cm³/mol. The first-order valence-corrected chi connectivity index (χ1v) is 6.66. The van der Waals surface area contributed by atoms with Crippen molar-refractivity contribution in [2.45, 2.75) is 19.4 Å². The Kier molecular flexibility index (Phi) is 5.46. The molecule has 0 bridgehead atoms. The number of aliphatic hydroxyl groups is 1. The first-order valence-electron chi connectivity index (χ1n) is 6.66. The van der Waals surface area contributed by atoms with Gasteiger partial charge in [-0.15, -0.1) is 5.10 Å². The van der Waals surface area contributed by atoms with Crippen LogP contribution in [0.4, 0.5) is 0 Å². The van der Waals surface area contributed by atoms with Gasteiger partial charge in [-0.1, -0.05) is 12.1 Å². The lowest BCUT2D eigenvalue weighted by atomic mass is 10.1. The number of hydrogen-bond donors (Lipinski definition) is 2. The Morgan fingerprint density at radius 3 is 2.95 bits per heavy atom. The minimum atomic E-state index is 0.153. The number of aromatic nitrogens is 2. The van der Waals surface area contributed by atoms with E-state index in [1.807, 2.05) is 18.2 Å². The summed E-state index contributed by atoms with van der Waals surface area (Å²) >= 11 is 0. The van der Waals surface area contributed by atoms with Crippen LogP contribution in [0.25, 0.3) is 0 Å². The summed E-state index contributed by atoms with van der Waals surface area (Å²) in [5.74, 6) is 1.23. The highest BCUT2D eigenvalue weighted by molar-refractivity contribution is 5.31. The molecule has 20 heavy (non-hydrogen) atoms. The second-order valence-corrected chi connectivity index (χ2v) is 4.59. The summed E-state index contributed by atoms with van der Waals surface area (Å²) < 4.78 is 5.65. The van der Waals surface area contributed by atoms with Crippen LogP contribution in [-0.2, 0) is 6.42 Å². The van der Waals surface area contributed by atoms with E-state index in [0.29, 0.717) is 18.5 Å². The Morgan fingerprint density at radius 2 is 2.20 bits per heavy atom. The van der Waals surface area contributed by atoms with Gasteiger partial charge in [0.15, 0.2) is 0 Å². The molecule has 1 aromatic heterocycles. The second kappa shape index (κ2) is 7.57. The summed E-state index contributed by atoms with van der Waals surface area (Å²) in [5, 5.41) is 19.7. The third-order valence-electron chi connectivity index (χ3n) is 2.82. The van der Waals surface area contributed by atoms with Crippen LogP contribution in [0, 0.1) is 0 Å². The van der Waals surface area contributed by atoms with Gasteiger partial charge in [0.05, 0.1) is 6.61 Å². The van der Waals surface area contributed by atoms with E-state index in [-0.39, 0.29) is 6.61 Å². The van der Waals surface area contributed by atoms with Gasteiger partial charge in [-0.05, 0) is 37.1 Å². The molecule has 0 aliphatic heterocycles. The molecular formula is C15H19N3O2. The van der Waals surface area contributed by atoms with E-state index in [0.717, 1.165) is 12.2 Å². The van der Waals surface area contributed by atoms with Gasteiger partial charge in [-0.2, -0.15) is 5.10 Å². The Bertz CT molecular complexity index is 520. The van der Waals surface area contributed by atoms with E-state index in [2.05, 4.69) is 28.5 Å². The molecule has 0 spiro atoms. The van der Waals surface area contributed by atoms with Gasteiger partial charge in [0.1, 0.15) is 5.75 Å². The lowest BCUT2D eigenvalue weighted by Crippen LogP contribution is -2.30. The third-order valence-corrected chi connectivity index (χ3v) is 2.82. The third kappa shape index (κ3) is 4.60. The molecule has 1 aromatic carbocycles. The van der Waals surface area contributed by atoms with Crippen LogP contribution in [0.5, 0.6) is 11.6 Å². The van der Waals surface area contributed by atoms with Crippen LogP contribution in [-0.4, -0.2) is 34.5 Å².